The van der Waals surface area contributed by atoms with Gasteiger partial charge in [0.15, 0.2) is 11.0 Å². The van der Waals surface area contributed by atoms with Crippen molar-refractivity contribution in [1.82, 2.24) is 15.0 Å². The molecule has 20 heavy (non-hydrogen) atoms. The minimum absolute atomic E-state index is 0.0538. The second-order valence-corrected chi connectivity index (χ2v) is 5.22. The molecular weight excluding hydrogens is 289 g/mol. The molecule has 0 aliphatic carbocycles. The molecule has 0 aliphatic heterocycles. The number of halogens is 3. The molecule has 0 saturated heterocycles. The SMILES string of the molecule is CSc1ncc2cc(C(F)(F)F)nc(NC(C)C)c2n1. The zero-order chi connectivity index (χ0) is 14.9. The average molecular weight is 302 g/mol. The summed E-state index contributed by atoms with van der Waals surface area (Å²) in [6.07, 6.45) is -1.31. The van der Waals surface area contributed by atoms with Crippen LogP contribution in [0.1, 0.15) is 19.5 Å². The van der Waals surface area contributed by atoms with E-state index in [9.17, 15) is 13.2 Å². The minimum atomic E-state index is -4.50. The topological polar surface area (TPSA) is 50.7 Å². The van der Waals surface area contributed by atoms with Crippen LogP contribution < -0.4 is 5.32 Å². The maximum absolute atomic E-state index is 12.8. The van der Waals surface area contributed by atoms with Gasteiger partial charge in [-0.1, -0.05) is 11.8 Å². The molecule has 0 radical (unpaired) electrons. The van der Waals surface area contributed by atoms with E-state index in [4.69, 9.17) is 0 Å². The fourth-order valence-electron chi connectivity index (χ4n) is 1.64. The third-order valence-corrected chi connectivity index (χ3v) is 3.00. The van der Waals surface area contributed by atoms with Crippen molar-refractivity contribution >= 4 is 28.5 Å². The minimum Gasteiger partial charge on any atom is -0.366 e. The summed E-state index contributed by atoms with van der Waals surface area (Å²) in [6, 6.07) is 0.909. The summed E-state index contributed by atoms with van der Waals surface area (Å²) in [5.41, 5.74) is -0.556. The molecule has 0 atom stereocenters. The fourth-order valence-corrected chi connectivity index (χ4v) is 1.98. The highest BCUT2D eigenvalue weighted by atomic mass is 32.2. The van der Waals surface area contributed by atoms with E-state index in [1.165, 1.54) is 18.0 Å². The lowest BCUT2D eigenvalue weighted by Crippen LogP contribution is -2.15. The van der Waals surface area contributed by atoms with Gasteiger partial charge in [0.1, 0.15) is 11.2 Å². The first kappa shape index (κ1) is 14.8. The predicted octanol–water partition coefficient (Wildman–Crippen LogP) is 3.59. The number of anilines is 1. The van der Waals surface area contributed by atoms with Crippen LogP contribution in [-0.2, 0) is 6.18 Å². The van der Waals surface area contributed by atoms with Crippen molar-refractivity contribution in [1.29, 1.82) is 0 Å². The molecule has 0 bridgehead atoms. The molecule has 2 heterocycles. The average Bonchev–Trinajstić information content (AvgIpc) is 2.36. The predicted molar refractivity (Wildman–Crippen MR) is 72.9 cm³/mol. The van der Waals surface area contributed by atoms with Crippen molar-refractivity contribution in [3.8, 4) is 0 Å². The van der Waals surface area contributed by atoms with Gasteiger partial charge in [-0.3, -0.25) is 0 Å². The number of nitrogens with zero attached hydrogens (tertiary/aromatic N) is 3. The van der Waals surface area contributed by atoms with Crippen LogP contribution in [0.15, 0.2) is 17.4 Å². The molecule has 2 aromatic heterocycles. The largest absolute Gasteiger partial charge is 0.433 e. The summed E-state index contributed by atoms with van der Waals surface area (Å²) in [7, 11) is 0. The second kappa shape index (κ2) is 5.43. The van der Waals surface area contributed by atoms with Crippen LogP contribution >= 0.6 is 11.8 Å². The molecule has 2 aromatic rings. The van der Waals surface area contributed by atoms with Crippen LogP contribution in [0.3, 0.4) is 0 Å². The van der Waals surface area contributed by atoms with E-state index in [-0.39, 0.29) is 11.9 Å². The molecule has 0 saturated carbocycles. The maximum atomic E-state index is 12.8. The van der Waals surface area contributed by atoms with Gasteiger partial charge in [0, 0.05) is 17.6 Å². The maximum Gasteiger partial charge on any atom is 0.433 e. The van der Waals surface area contributed by atoms with Gasteiger partial charge in [0.25, 0.3) is 0 Å². The second-order valence-electron chi connectivity index (χ2n) is 4.45. The lowest BCUT2D eigenvalue weighted by atomic mass is 10.2. The van der Waals surface area contributed by atoms with Gasteiger partial charge in [0.2, 0.25) is 0 Å². The highest BCUT2D eigenvalue weighted by molar-refractivity contribution is 7.98. The number of aromatic nitrogens is 3. The molecule has 2 rings (SSSR count). The van der Waals surface area contributed by atoms with Crippen LogP contribution in [0.4, 0.5) is 19.0 Å². The number of pyridine rings is 1. The van der Waals surface area contributed by atoms with Crippen LogP contribution in [0.25, 0.3) is 10.9 Å². The van der Waals surface area contributed by atoms with E-state index >= 15 is 0 Å². The number of hydrogen-bond donors (Lipinski definition) is 1. The van der Waals surface area contributed by atoms with Crippen molar-refractivity contribution in [3.63, 3.8) is 0 Å². The molecule has 108 valence electrons. The number of nitrogens with one attached hydrogen (secondary N) is 1. The van der Waals surface area contributed by atoms with Crippen LogP contribution in [0.2, 0.25) is 0 Å². The monoisotopic (exact) mass is 302 g/mol. The summed E-state index contributed by atoms with van der Waals surface area (Å²) >= 11 is 1.32. The van der Waals surface area contributed by atoms with E-state index in [1.54, 1.807) is 6.26 Å². The summed E-state index contributed by atoms with van der Waals surface area (Å²) < 4.78 is 38.5. The molecule has 1 N–H and O–H groups in total. The van der Waals surface area contributed by atoms with Crippen molar-refractivity contribution < 1.29 is 13.2 Å². The summed E-state index contributed by atoms with van der Waals surface area (Å²) in [6.45, 7) is 3.65. The van der Waals surface area contributed by atoms with Gasteiger partial charge in [-0.05, 0) is 26.2 Å². The van der Waals surface area contributed by atoms with Gasteiger partial charge >= 0.3 is 6.18 Å². The Morgan fingerprint density at radius 3 is 2.50 bits per heavy atom. The summed E-state index contributed by atoms with van der Waals surface area (Å²) in [5.74, 6) is 0.127. The Labute approximate surface area is 118 Å². The smallest absolute Gasteiger partial charge is 0.366 e. The molecule has 0 fully saturated rings. The number of thioether (sulfide) groups is 1. The van der Waals surface area contributed by atoms with Gasteiger partial charge in [0.05, 0.1) is 0 Å². The first-order chi connectivity index (χ1) is 9.31. The Balaban J connectivity index is 2.67. The molecule has 0 unspecified atom stereocenters. The fraction of sp³-hybridized carbons (Fsp3) is 0.417. The molecular formula is C12H13F3N4S. The third kappa shape index (κ3) is 3.12. The zero-order valence-electron chi connectivity index (χ0n) is 11.1. The van der Waals surface area contributed by atoms with Crippen molar-refractivity contribution in [2.75, 3.05) is 11.6 Å². The highest BCUT2D eigenvalue weighted by Gasteiger charge is 2.33. The van der Waals surface area contributed by atoms with Crippen molar-refractivity contribution in [3.05, 3.63) is 18.0 Å². The first-order valence-electron chi connectivity index (χ1n) is 5.86. The Hall–Kier alpha value is -1.57. The Morgan fingerprint density at radius 2 is 1.95 bits per heavy atom. The Kier molecular flexibility index (Phi) is 4.03. The van der Waals surface area contributed by atoms with E-state index < -0.39 is 11.9 Å². The Morgan fingerprint density at radius 1 is 1.25 bits per heavy atom. The van der Waals surface area contributed by atoms with E-state index in [0.29, 0.717) is 16.1 Å². The number of hydrogen-bond acceptors (Lipinski definition) is 5. The highest BCUT2D eigenvalue weighted by Crippen LogP contribution is 2.32. The van der Waals surface area contributed by atoms with Crippen LogP contribution in [0, 0.1) is 0 Å². The van der Waals surface area contributed by atoms with E-state index in [2.05, 4.69) is 20.3 Å². The zero-order valence-corrected chi connectivity index (χ0v) is 11.9. The van der Waals surface area contributed by atoms with Crippen molar-refractivity contribution in [2.45, 2.75) is 31.2 Å². The molecule has 0 spiro atoms. The molecule has 0 aliphatic rings. The summed E-state index contributed by atoms with van der Waals surface area (Å²) in [5, 5.41) is 3.71. The molecule has 8 heteroatoms. The third-order valence-electron chi connectivity index (χ3n) is 2.44. The lowest BCUT2D eigenvalue weighted by Gasteiger charge is -2.14. The van der Waals surface area contributed by atoms with Gasteiger partial charge in [-0.2, -0.15) is 13.2 Å². The normalized spacial score (nSPS) is 12.2. The lowest BCUT2D eigenvalue weighted by molar-refractivity contribution is -0.141. The van der Waals surface area contributed by atoms with Crippen LogP contribution in [-0.4, -0.2) is 27.2 Å². The molecule has 4 nitrogen and oxygen atoms in total. The number of alkyl halides is 3. The molecule has 0 aromatic carbocycles. The summed E-state index contributed by atoms with van der Waals surface area (Å²) in [4.78, 5) is 11.9. The van der Waals surface area contributed by atoms with Gasteiger partial charge in [-0.25, -0.2) is 15.0 Å². The first-order valence-corrected chi connectivity index (χ1v) is 7.09. The van der Waals surface area contributed by atoms with Gasteiger partial charge in [-0.15, -0.1) is 0 Å². The van der Waals surface area contributed by atoms with Crippen molar-refractivity contribution in [2.24, 2.45) is 0 Å². The van der Waals surface area contributed by atoms with E-state index in [0.717, 1.165) is 6.07 Å². The quantitative estimate of drug-likeness (QED) is 0.693. The number of rotatable bonds is 3. The van der Waals surface area contributed by atoms with Gasteiger partial charge < -0.3 is 5.32 Å². The van der Waals surface area contributed by atoms with Crippen LogP contribution in [0.5, 0.6) is 0 Å². The number of fused-ring (bicyclic) bond motifs is 1. The Bertz CT molecular complexity index is 628. The van der Waals surface area contributed by atoms with E-state index in [1.807, 2.05) is 13.8 Å². The standard InChI is InChI=1S/C12H13F3N4S/c1-6(2)17-10-9-7(5-16-11(19-9)20-3)4-8(18-10)12(13,14)15/h4-6H,1-3H3,(H,17,18). The molecule has 0 amide bonds.